The number of hydrogen-bond donors (Lipinski definition) is 1. The van der Waals surface area contributed by atoms with Gasteiger partial charge in [0.15, 0.2) is 0 Å². The molecular weight excluding hydrogens is 282 g/mol. The molecule has 1 aliphatic rings. The molecule has 0 bridgehead atoms. The van der Waals surface area contributed by atoms with Crippen molar-refractivity contribution >= 4 is 17.6 Å². The fraction of sp³-hybridized carbons (Fsp3) is 0.412. The van der Waals surface area contributed by atoms with E-state index in [1.807, 2.05) is 19.1 Å². The first-order chi connectivity index (χ1) is 10.6. The van der Waals surface area contributed by atoms with Crippen molar-refractivity contribution in [3.63, 3.8) is 0 Å². The smallest absolute Gasteiger partial charge is 0.228 e. The van der Waals surface area contributed by atoms with Gasteiger partial charge in [0.25, 0.3) is 0 Å². The van der Waals surface area contributed by atoms with E-state index in [-0.39, 0.29) is 5.91 Å². The van der Waals surface area contributed by atoms with Crippen LogP contribution < -0.4 is 15.2 Å². The van der Waals surface area contributed by atoms with Gasteiger partial charge in [0, 0.05) is 11.9 Å². The van der Waals surface area contributed by atoms with Gasteiger partial charge in [-0.1, -0.05) is 31.2 Å². The third kappa shape index (κ3) is 3.87. The molecule has 0 unspecified atom stereocenters. The fourth-order valence-electron chi connectivity index (χ4n) is 2.50. The Morgan fingerprint density at radius 2 is 1.91 bits per heavy atom. The van der Waals surface area contributed by atoms with E-state index in [0.717, 1.165) is 6.42 Å². The van der Waals surface area contributed by atoms with E-state index in [1.165, 1.54) is 0 Å². The SMILES string of the molecule is CCCOc1ccccc1NC(=O)[C@H]1CC=CC[C@@H]1C(=O)[O-]. The molecule has 1 aromatic rings. The molecular formula is C17H20NO4-. The van der Waals surface area contributed by atoms with Crippen LogP contribution in [0.3, 0.4) is 0 Å². The average Bonchev–Trinajstić information content (AvgIpc) is 2.54. The number of allylic oxidation sites excluding steroid dienone is 2. The van der Waals surface area contributed by atoms with Crippen molar-refractivity contribution in [3.05, 3.63) is 36.4 Å². The summed E-state index contributed by atoms with van der Waals surface area (Å²) in [6.45, 7) is 2.56. The molecule has 0 aromatic heterocycles. The summed E-state index contributed by atoms with van der Waals surface area (Å²) in [7, 11) is 0. The van der Waals surface area contributed by atoms with Crippen molar-refractivity contribution in [2.24, 2.45) is 11.8 Å². The highest BCUT2D eigenvalue weighted by Crippen LogP contribution is 2.29. The monoisotopic (exact) mass is 302 g/mol. The predicted octanol–water partition coefficient (Wildman–Crippen LogP) is 1.75. The number of hydrogen-bond acceptors (Lipinski definition) is 4. The molecule has 0 saturated heterocycles. The largest absolute Gasteiger partial charge is 0.550 e. The minimum absolute atomic E-state index is 0.314. The van der Waals surface area contributed by atoms with Crippen molar-refractivity contribution < 1.29 is 19.4 Å². The lowest BCUT2D eigenvalue weighted by Crippen LogP contribution is -2.41. The lowest BCUT2D eigenvalue weighted by molar-refractivity contribution is -0.313. The van der Waals surface area contributed by atoms with Gasteiger partial charge in [-0.2, -0.15) is 0 Å². The molecule has 1 aliphatic carbocycles. The van der Waals surface area contributed by atoms with Crippen LogP contribution in [0.25, 0.3) is 0 Å². The van der Waals surface area contributed by atoms with E-state index in [2.05, 4.69) is 5.32 Å². The molecule has 1 N–H and O–H groups in total. The molecule has 0 spiro atoms. The highest BCUT2D eigenvalue weighted by atomic mass is 16.5. The summed E-state index contributed by atoms with van der Waals surface area (Å²) >= 11 is 0. The van der Waals surface area contributed by atoms with Crippen LogP contribution in [0.4, 0.5) is 5.69 Å². The number of nitrogens with one attached hydrogen (secondary N) is 1. The number of rotatable bonds is 6. The third-order valence-electron chi connectivity index (χ3n) is 3.68. The summed E-state index contributed by atoms with van der Waals surface area (Å²) in [6, 6.07) is 7.15. The molecule has 1 amide bonds. The van der Waals surface area contributed by atoms with Crippen LogP contribution >= 0.6 is 0 Å². The number of carboxylic acids is 1. The zero-order chi connectivity index (χ0) is 15.9. The van der Waals surface area contributed by atoms with Gasteiger partial charge >= 0.3 is 0 Å². The topological polar surface area (TPSA) is 78.5 Å². The number of benzene rings is 1. The van der Waals surface area contributed by atoms with Gasteiger partial charge in [0.2, 0.25) is 5.91 Å². The van der Waals surface area contributed by atoms with E-state index in [9.17, 15) is 14.7 Å². The summed E-state index contributed by atoms with van der Waals surface area (Å²) in [6.07, 6.45) is 5.21. The second kappa shape index (κ2) is 7.64. The Labute approximate surface area is 130 Å². The van der Waals surface area contributed by atoms with E-state index in [4.69, 9.17) is 4.74 Å². The van der Waals surface area contributed by atoms with Gasteiger partial charge in [-0.05, 0) is 31.4 Å². The first-order valence-corrected chi connectivity index (χ1v) is 7.52. The number of carbonyl (C=O) groups excluding carboxylic acids is 2. The Kier molecular flexibility index (Phi) is 5.58. The lowest BCUT2D eigenvalue weighted by atomic mass is 9.82. The van der Waals surface area contributed by atoms with Crippen LogP contribution in [0.1, 0.15) is 26.2 Å². The summed E-state index contributed by atoms with van der Waals surface area (Å²) in [5.74, 6) is -2.30. The van der Waals surface area contributed by atoms with Crippen LogP contribution in [0.5, 0.6) is 5.75 Å². The number of ether oxygens (including phenoxy) is 1. The Balaban J connectivity index is 2.11. The quantitative estimate of drug-likeness (QED) is 0.812. The molecule has 2 atom stereocenters. The van der Waals surface area contributed by atoms with Crippen LogP contribution in [-0.2, 0) is 9.59 Å². The van der Waals surface area contributed by atoms with Crippen molar-refractivity contribution in [2.45, 2.75) is 26.2 Å². The maximum Gasteiger partial charge on any atom is 0.228 e. The third-order valence-corrected chi connectivity index (χ3v) is 3.68. The van der Waals surface area contributed by atoms with E-state index in [1.54, 1.807) is 24.3 Å². The van der Waals surface area contributed by atoms with E-state index < -0.39 is 17.8 Å². The Hall–Kier alpha value is -2.30. The second-order valence-electron chi connectivity index (χ2n) is 5.31. The molecule has 0 radical (unpaired) electrons. The van der Waals surface area contributed by atoms with Crippen LogP contribution in [0.2, 0.25) is 0 Å². The molecule has 22 heavy (non-hydrogen) atoms. The first-order valence-electron chi connectivity index (χ1n) is 7.52. The van der Waals surface area contributed by atoms with Crippen molar-refractivity contribution in [3.8, 4) is 5.75 Å². The minimum Gasteiger partial charge on any atom is -0.550 e. The van der Waals surface area contributed by atoms with Gasteiger partial charge in [-0.25, -0.2) is 0 Å². The minimum atomic E-state index is -1.18. The first kappa shape index (κ1) is 16.1. The van der Waals surface area contributed by atoms with Gasteiger partial charge in [0.05, 0.1) is 18.2 Å². The summed E-state index contributed by atoms with van der Waals surface area (Å²) in [5, 5.41) is 14.0. The fourth-order valence-corrected chi connectivity index (χ4v) is 2.50. The molecule has 118 valence electrons. The molecule has 1 aromatic carbocycles. The summed E-state index contributed by atoms with van der Waals surface area (Å²) in [4.78, 5) is 23.6. The van der Waals surface area contributed by atoms with Crippen molar-refractivity contribution in [2.75, 3.05) is 11.9 Å². The Morgan fingerprint density at radius 3 is 2.59 bits per heavy atom. The normalized spacial score (nSPS) is 20.4. The predicted molar refractivity (Wildman–Crippen MR) is 81.2 cm³/mol. The number of aliphatic carboxylic acids is 1. The maximum atomic E-state index is 12.4. The zero-order valence-electron chi connectivity index (χ0n) is 12.6. The van der Waals surface area contributed by atoms with Gasteiger partial charge in [0.1, 0.15) is 5.75 Å². The van der Waals surface area contributed by atoms with E-state index >= 15 is 0 Å². The van der Waals surface area contributed by atoms with Crippen LogP contribution in [-0.4, -0.2) is 18.5 Å². The van der Waals surface area contributed by atoms with E-state index in [0.29, 0.717) is 30.9 Å². The van der Waals surface area contributed by atoms with Gasteiger partial charge < -0.3 is 20.0 Å². The summed E-state index contributed by atoms with van der Waals surface area (Å²) in [5.41, 5.74) is 0.563. The number of carboxylic acid groups (broad SMARTS) is 1. The van der Waals surface area contributed by atoms with Gasteiger partial charge in [-0.3, -0.25) is 4.79 Å². The zero-order valence-corrected chi connectivity index (χ0v) is 12.6. The lowest BCUT2D eigenvalue weighted by Gasteiger charge is -2.28. The number of carbonyl (C=O) groups is 2. The second-order valence-corrected chi connectivity index (χ2v) is 5.31. The standard InChI is InChI=1S/C17H21NO4/c1-2-11-22-15-10-6-5-9-14(15)18-16(19)12-7-3-4-8-13(12)17(20)21/h3-6,9-10,12-13H,2,7-8,11H2,1H3,(H,18,19)(H,20,21)/p-1/t12-,13-/m0/s1. The highest BCUT2D eigenvalue weighted by molar-refractivity contribution is 5.96. The number of anilines is 1. The van der Waals surface area contributed by atoms with Crippen molar-refractivity contribution in [1.82, 2.24) is 0 Å². The number of para-hydroxylation sites is 2. The summed E-state index contributed by atoms with van der Waals surface area (Å²) < 4.78 is 5.59. The Bertz CT molecular complexity index is 568. The molecule has 2 rings (SSSR count). The molecule has 0 heterocycles. The van der Waals surface area contributed by atoms with Crippen LogP contribution in [0, 0.1) is 11.8 Å². The Morgan fingerprint density at radius 1 is 1.23 bits per heavy atom. The van der Waals surface area contributed by atoms with Crippen LogP contribution in [0.15, 0.2) is 36.4 Å². The number of amides is 1. The maximum absolute atomic E-state index is 12.4. The molecule has 5 nitrogen and oxygen atoms in total. The highest BCUT2D eigenvalue weighted by Gasteiger charge is 2.30. The molecule has 0 aliphatic heterocycles. The molecule has 5 heteroatoms. The average molecular weight is 302 g/mol. The molecule has 0 saturated carbocycles. The van der Waals surface area contributed by atoms with Crippen molar-refractivity contribution in [1.29, 1.82) is 0 Å². The molecule has 0 fully saturated rings. The van der Waals surface area contributed by atoms with Gasteiger partial charge in [-0.15, -0.1) is 0 Å².